The first-order chi connectivity index (χ1) is 15.7. The zero-order valence-electron chi connectivity index (χ0n) is 20.7. The molecule has 0 radical (unpaired) electrons. The zero-order chi connectivity index (χ0) is 25.4. The predicted octanol–water partition coefficient (Wildman–Crippen LogP) is 4.99. The van der Waals surface area contributed by atoms with Crippen LogP contribution in [0.25, 0.3) is 0 Å². The minimum atomic E-state index is -2.27. The summed E-state index contributed by atoms with van der Waals surface area (Å²) in [6, 6.07) is 6.48. The molecule has 0 aliphatic carbocycles. The Morgan fingerprint density at radius 3 is 2.24 bits per heavy atom. The fourth-order valence-corrected chi connectivity index (χ4v) is 5.68. The van der Waals surface area contributed by atoms with E-state index in [9.17, 15) is 18.4 Å². The minimum absolute atomic E-state index is 0.00762. The van der Waals surface area contributed by atoms with Gasteiger partial charge in [-0.15, -0.1) is 0 Å². The topological polar surface area (TPSA) is 67.9 Å². The number of fused-ring (bicyclic) bond motifs is 1. The summed E-state index contributed by atoms with van der Waals surface area (Å²) in [6.45, 7) is 11.0. The molecule has 9 heteroatoms. The van der Waals surface area contributed by atoms with E-state index < -0.39 is 43.4 Å². The van der Waals surface area contributed by atoms with Crippen LogP contribution in [0.15, 0.2) is 30.3 Å². The van der Waals surface area contributed by atoms with E-state index in [2.05, 4.69) is 5.32 Å². The number of methoxy groups -OCH3 is 1. The zero-order valence-corrected chi connectivity index (χ0v) is 21.7. The van der Waals surface area contributed by atoms with Crippen molar-refractivity contribution >= 4 is 30.9 Å². The maximum absolute atomic E-state index is 14.8. The largest absolute Gasteiger partial charge is 0.497 e. The molecule has 2 aromatic carbocycles. The third-order valence-corrected chi connectivity index (χ3v) is 7.49. The number of carbonyl (C=O) groups is 2. The first-order valence-electron chi connectivity index (χ1n) is 11.2. The SMILES string of the molecule is COc1ccc2c(c1)CCN(C(=O)OC(C)(C)C)C2C(=O)Nc1cc(F)c([Si](C)(C)C)c(F)c1. The Morgan fingerprint density at radius 2 is 1.71 bits per heavy atom. The number of anilines is 1. The van der Waals surface area contributed by atoms with Crippen molar-refractivity contribution in [2.75, 3.05) is 19.0 Å². The smallest absolute Gasteiger partial charge is 0.411 e. The van der Waals surface area contributed by atoms with Crippen molar-refractivity contribution in [3.05, 3.63) is 53.1 Å². The molecule has 1 atom stereocenters. The Balaban J connectivity index is 1.99. The average Bonchev–Trinajstić information content (AvgIpc) is 2.69. The fourth-order valence-electron chi connectivity index (χ4n) is 4.10. The quantitative estimate of drug-likeness (QED) is 0.613. The summed E-state index contributed by atoms with van der Waals surface area (Å²) >= 11 is 0. The molecule has 2 aromatic rings. The number of amides is 2. The molecule has 0 aromatic heterocycles. The van der Waals surface area contributed by atoms with Crippen LogP contribution in [0.1, 0.15) is 37.9 Å². The third kappa shape index (κ3) is 5.57. The van der Waals surface area contributed by atoms with Gasteiger partial charge in [0.15, 0.2) is 0 Å². The molecule has 184 valence electrons. The number of hydrogen-bond acceptors (Lipinski definition) is 4. The van der Waals surface area contributed by atoms with Gasteiger partial charge in [-0.25, -0.2) is 13.6 Å². The van der Waals surface area contributed by atoms with Crippen LogP contribution in [-0.4, -0.2) is 44.2 Å². The highest BCUT2D eigenvalue weighted by Gasteiger charge is 2.38. The van der Waals surface area contributed by atoms with E-state index in [4.69, 9.17) is 9.47 Å². The number of rotatable bonds is 4. The highest BCUT2D eigenvalue weighted by atomic mass is 28.3. The van der Waals surface area contributed by atoms with Crippen molar-refractivity contribution in [1.29, 1.82) is 0 Å². The van der Waals surface area contributed by atoms with E-state index in [0.717, 1.165) is 17.7 Å². The van der Waals surface area contributed by atoms with Gasteiger partial charge in [0.1, 0.15) is 29.0 Å². The second-order valence-corrected chi connectivity index (χ2v) is 15.4. The molecule has 1 aliphatic rings. The van der Waals surface area contributed by atoms with Crippen molar-refractivity contribution in [2.24, 2.45) is 0 Å². The van der Waals surface area contributed by atoms with Crippen molar-refractivity contribution in [1.82, 2.24) is 4.90 Å². The first kappa shape index (κ1) is 25.7. The van der Waals surface area contributed by atoms with Crippen LogP contribution in [-0.2, 0) is 16.0 Å². The maximum atomic E-state index is 14.8. The van der Waals surface area contributed by atoms with Gasteiger partial charge in [-0.3, -0.25) is 9.69 Å². The normalized spacial score (nSPS) is 16.0. The summed E-state index contributed by atoms with van der Waals surface area (Å²) in [5.41, 5.74) is 0.699. The van der Waals surface area contributed by atoms with Crippen LogP contribution in [0.3, 0.4) is 0 Å². The number of benzene rings is 2. The van der Waals surface area contributed by atoms with Crippen LogP contribution in [0.2, 0.25) is 19.6 Å². The lowest BCUT2D eigenvalue weighted by Crippen LogP contribution is -2.47. The van der Waals surface area contributed by atoms with Gasteiger partial charge in [0.05, 0.1) is 15.2 Å². The number of nitrogens with one attached hydrogen (secondary N) is 1. The second kappa shape index (κ2) is 9.36. The number of hydrogen-bond donors (Lipinski definition) is 1. The summed E-state index contributed by atoms with van der Waals surface area (Å²) in [5.74, 6) is -1.33. The number of carbonyl (C=O) groups excluding carboxylic acids is 2. The summed E-state index contributed by atoms with van der Waals surface area (Å²) < 4.78 is 40.3. The van der Waals surface area contributed by atoms with Gasteiger partial charge in [-0.1, -0.05) is 25.7 Å². The molecule has 0 spiro atoms. The standard InChI is InChI=1S/C25H32F2N2O4Si/c1-25(2,3)33-24(31)29-11-10-15-12-17(32-4)8-9-18(15)21(29)23(30)28-16-13-19(26)22(20(27)14-16)34(5,6)7/h8-9,12-14,21H,10-11H2,1-7H3,(H,28,30). The fraction of sp³-hybridized carbons (Fsp3) is 0.440. The van der Waals surface area contributed by atoms with Crippen molar-refractivity contribution < 1.29 is 27.8 Å². The Morgan fingerprint density at radius 1 is 1.09 bits per heavy atom. The summed E-state index contributed by atoms with van der Waals surface area (Å²) in [5, 5.41) is 2.68. The summed E-state index contributed by atoms with van der Waals surface area (Å²) in [4.78, 5) is 27.7. The highest BCUT2D eigenvalue weighted by Crippen LogP contribution is 2.34. The van der Waals surface area contributed by atoms with Gasteiger partial charge < -0.3 is 14.8 Å². The van der Waals surface area contributed by atoms with E-state index in [-0.39, 0.29) is 17.4 Å². The van der Waals surface area contributed by atoms with E-state index in [1.807, 2.05) is 25.7 Å². The van der Waals surface area contributed by atoms with Gasteiger partial charge in [0.25, 0.3) is 5.91 Å². The molecule has 1 N–H and O–H groups in total. The molecule has 0 saturated heterocycles. The Bertz CT molecular complexity index is 1090. The molecule has 0 bridgehead atoms. The molecule has 1 heterocycles. The lowest BCUT2D eigenvalue weighted by molar-refractivity contribution is -0.121. The molecule has 0 fully saturated rings. The minimum Gasteiger partial charge on any atom is -0.497 e. The van der Waals surface area contributed by atoms with Crippen molar-refractivity contribution in [3.63, 3.8) is 0 Å². The molecule has 1 aliphatic heterocycles. The lowest BCUT2D eigenvalue weighted by Gasteiger charge is -2.37. The second-order valence-electron chi connectivity index (χ2n) is 10.4. The van der Waals surface area contributed by atoms with E-state index >= 15 is 0 Å². The van der Waals surface area contributed by atoms with E-state index in [1.54, 1.807) is 40.0 Å². The highest BCUT2D eigenvalue weighted by molar-refractivity contribution is 6.88. The molecule has 34 heavy (non-hydrogen) atoms. The molecular formula is C25H32F2N2O4Si. The Kier molecular flexibility index (Phi) is 7.07. The number of nitrogens with zero attached hydrogens (tertiary/aromatic N) is 1. The Hall–Kier alpha value is -2.94. The van der Waals surface area contributed by atoms with Crippen LogP contribution in [0, 0.1) is 11.6 Å². The average molecular weight is 491 g/mol. The molecule has 6 nitrogen and oxygen atoms in total. The first-order valence-corrected chi connectivity index (χ1v) is 14.7. The van der Waals surface area contributed by atoms with Crippen LogP contribution < -0.4 is 15.2 Å². The maximum Gasteiger partial charge on any atom is 0.411 e. The summed E-state index contributed by atoms with van der Waals surface area (Å²) in [7, 11) is -0.716. The molecule has 0 saturated carbocycles. The number of halogens is 2. The molecule has 1 unspecified atom stereocenters. The van der Waals surface area contributed by atoms with Gasteiger partial charge >= 0.3 is 6.09 Å². The van der Waals surface area contributed by atoms with Crippen LogP contribution >= 0.6 is 0 Å². The van der Waals surface area contributed by atoms with Crippen LogP contribution in [0.5, 0.6) is 5.75 Å². The molecule has 3 rings (SSSR count). The van der Waals surface area contributed by atoms with Crippen LogP contribution in [0.4, 0.5) is 19.3 Å². The van der Waals surface area contributed by atoms with E-state index in [0.29, 0.717) is 17.7 Å². The van der Waals surface area contributed by atoms with Crippen molar-refractivity contribution in [2.45, 2.75) is 58.5 Å². The predicted molar refractivity (Wildman–Crippen MR) is 130 cm³/mol. The molecular weight excluding hydrogens is 458 g/mol. The van der Waals surface area contributed by atoms with E-state index in [1.165, 1.54) is 4.90 Å². The van der Waals surface area contributed by atoms with Gasteiger partial charge in [-0.05, 0) is 62.6 Å². The van der Waals surface area contributed by atoms with Gasteiger partial charge in [0.2, 0.25) is 0 Å². The summed E-state index contributed by atoms with van der Waals surface area (Å²) in [6.07, 6.45) is -0.135. The molecule has 2 amide bonds. The number of ether oxygens (including phenoxy) is 2. The monoisotopic (exact) mass is 490 g/mol. The van der Waals surface area contributed by atoms with Gasteiger partial charge in [-0.2, -0.15) is 0 Å². The van der Waals surface area contributed by atoms with Gasteiger partial charge in [0, 0.05) is 17.4 Å². The van der Waals surface area contributed by atoms with Crippen molar-refractivity contribution in [3.8, 4) is 5.75 Å². The third-order valence-electron chi connectivity index (χ3n) is 5.51. The Labute approximate surface area is 200 Å². The lowest BCUT2D eigenvalue weighted by atomic mass is 9.92.